The van der Waals surface area contributed by atoms with Crippen molar-refractivity contribution < 1.29 is 0 Å². The molecule has 2 rings (SSSR count). The molecule has 0 atom stereocenters. The second-order valence-corrected chi connectivity index (χ2v) is 5.44. The summed E-state index contributed by atoms with van der Waals surface area (Å²) in [5.41, 5.74) is 6.60. The first-order valence-corrected chi connectivity index (χ1v) is 6.25. The van der Waals surface area contributed by atoms with E-state index in [1.165, 1.54) is 15.0 Å². The van der Waals surface area contributed by atoms with E-state index in [-0.39, 0.29) is 0 Å². The lowest BCUT2D eigenvalue weighted by atomic mass is 10.2. The zero-order valence-electron chi connectivity index (χ0n) is 7.07. The fraction of sp³-hybridized carbons (Fsp3) is 0.111. The minimum atomic E-state index is 0.826. The SMILES string of the molecule is CSc1cc(N)cc2sc(S)cc12. The predicted molar refractivity (Wildman–Crippen MR) is 65.3 cm³/mol. The summed E-state index contributed by atoms with van der Waals surface area (Å²) in [4.78, 5) is 1.23. The second kappa shape index (κ2) is 3.44. The van der Waals surface area contributed by atoms with Gasteiger partial charge in [0.05, 0.1) is 4.21 Å². The molecule has 0 aliphatic heterocycles. The van der Waals surface area contributed by atoms with E-state index in [0.29, 0.717) is 0 Å². The fourth-order valence-electron chi connectivity index (χ4n) is 1.28. The van der Waals surface area contributed by atoms with Crippen molar-refractivity contribution in [2.45, 2.75) is 9.10 Å². The van der Waals surface area contributed by atoms with Gasteiger partial charge in [0.1, 0.15) is 0 Å². The van der Waals surface area contributed by atoms with Gasteiger partial charge in [0, 0.05) is 20.7 Å². The molecule has 1 heterocycles. The Morgan fingerprint density at radius 1 is 1.38 bits per heavy atom. The highest BCUT2D eigenvalue weighted by molar-refractivity contribution is 7.98. The smallest absolute Gasteiger partial charge is 0.0581 e. The Labute approximate surface area is 90.7 Å². The van der Waals surface area contributed by atoms with Crippen molar-refractivity contribution in [1.82, 2.24) is 0 Å². The van der Waals surface area contributed by atoms with Gasteiger partial charge in [-0.25, -0.2) is 0 Å². The van der Waals surface area contributed by atoms with E-state index in [1.54, 1.807) is 23.1 Å². The maximum Gasteiger partial charge on any atom is 0.0581 e. The standard InChI is InChI=1S/C9H9NS3/c1-12-7-2-5(10)3-8-6(7)4-9(11)13-8/h2-4,11H,10H2,1H3. The van der Waals surface area contributed by atoms with E-state index < -0.39 is 0 Å². The largest absolute Gasteiger partial charge is 0.399 e. The molecule has 1 aromatic carbocycles. The zero-order chi connectivity index (χ0) is 9.42. The van der Waals surface area contributed by atoms with Crippen LogP contribution in [0.5, 0.6) is 0 Å². The topological polar surface area (TPSA) is 26.0 Å². The van der Waals surface area contributed by atoms with E-state index >= 15 is 0 Å². The Morgan fingerprint density at radius 2 is 2.15 bits per heavy atom. The van der Waals surface area contributed by atoms with Crippen LogP contribution < -0.4 is 5.73 Å². The van der Waals surface area contributed by atoms with Gasteiger partial charge < -0.3 is 5.73 Å². The van der Waals surface area contributed by atoms with Crippen LogP contribution in [-0.2, 0) is 0 Å². The van der Waals surface area contributed by atoms with Crippen LogP contribution in [0.3, 0.4) is 0 Å². The normalized spacial score (nSPS) is 10.9. The molecule has 1 aromatic heterocycles. The molecule has 2 N–H and O–H groups in total. The van der Waals surface area contributed by atoms with Crippen LogP contribution in [0.4, 0.5) is 5.69 Å². The van der Waals surface area contributed by atoms with E-state index in [4.69, 9.17) is 5.73 Å². The summed E-state index contributed by atoms with van der Waals surface area (Å²) in [5, 5.41) is 1.26. The average molecular weight is 227 g/mol. The molecule has 2 aromatic rings. The molecule has 0 amide bonds. The van der Waals surface area contributed by atoms with Gasteiger partial charge in [-0.15, -0.1) is 35.7 Å². The van der Waals surface area contributed by atoms with Gasteiger partial charge >= 0.3 is 0 Å². The van der Waals surface area contributed by atoms with Crippen molar-refractivity contribution in [3.8, 4) is 0 Å². The predicted octanol–water partition coefficient (Wildman–Crippen LogP) is 3.49. The van der Waals surface area contributed by atoms with E-state index in [0.717, 1.165) is 9.90 Å². The van der Waals surface area contributed by atoms with E-state index in [2.05, 4.69) is 25.0 Å². The number of thiol groups is 1. The van der Waals surface area contributed by atoms with Crippen LogP contribution in [0, 0.1) is 0 Å². The molecule has 0 aliphatic carbocycles. The first kappa shape index (κ1) is 9.24. The van der Waals surface area contributed by atoms with Gasteiger partial charge in [-0.3, -0.25) is 0 Å². The number of thiophene rings is 1. The molecule has 13 heavy (non-hydrogen) atoms. The third-order valence-electron chi connectivity index (χ3n) is 1.83. The van der Waals surface area contributed by atoms with Gasteiger partial charge in [-0.2, -0.15) is 0 Å². The number of benzene rings is 1. The van der Waals surface area contributed by atoms with Crippen molar-refractivity contribution in [3.63, 3.8) is 0 Å². The average Bonchev–Trinajstić information content (AvgIpc) is 2.43. The number of rotatable bonds is 1. The monoisotopic (exact) mass is 227 g/mol. The lowest BCUT2D eigenvalue weighted by Gasteiger charge is -2.00. The molecule has 0 radical (unpaired) electrons. The minimum Gasteiger partial charge on any atom is -0.399 e. The Bertz CT molecular complexity index is 447. The molecule has 0 unspecified atom stereocenters. The molecule has 0 spiro atoms. The maximum absolute atomic E-state index is 5.78. The van der Waals surface area contributed by atoms with Crippen LogP contribution in [0.1, 0.15) is 0 Å². The first-order valence-electron chi connectivity index (χ1n) is 3.76. The summed E-state index contributed by atoms with van der Waals surface area (Å²) >= 11 is 7.72. The van der Waals surface area contributed by atoms with Gasteiger partial charge in [0.25, 0.3) is 0 Å². The molecular weight excluding hydrogens is 218 g/mol. The third-order valence-corrected chi connectivity index (χ3v) is 3.89. The summed E-state index contributed by atoms with van der Waals surface area (Å²) in [6, 6.07) is 6.10. The van der Waals surface area contributed by atoms with Gasteiger partial charge in [-0.05, 0) is 24.5 Å². The number of fused-ring (bicyclic) bond motifs is 1. The lowest BCUT2D eigenvalue weighted by molar-refractivity contribution is 1.56. The molecule has 0 aliphatic rings. The van der Waals surface area contributed by atoms with Crippen LogP contribution in [-0.4, -0.2) is 6.26 Å². The molecule has 0 saturated carbocycles. The molecule has 0 saturated heterocycles. The fourth-order valence-corrected chi connectivity index (χ4v) is 3.29. The van der Waals surface area contributed by atoms with Crippen molar-refractivity contribution in [3.05, 3.63) is 18.2 Å². The van der Waals surface area contributed by atoms with Crippen molar-refractivity contribution >= 4 is 51.5 Å². The molecule has 68 valence electrons. The second-order valence-electron chi connectivity index (χ2n) is 2.72. The van der Waals surface area contributed by atoms with Crippen LogP contribution in [0.15, 0.2) is 27.3 Å². The summed E-state index contributed by atoms with van der Waals surface area (Å²) < 4.78 is 2.25. The Morgan fingerprint density at radius 3 is 2.85 bits per heavy atom. The van der Waals surface area contributed by atoms with Crippen molar-refractivity contribution in [1.29, 1.82) is 0 Å². The number of anilines is 1. The Hall–Kier alpha value is -0.320. The number of hydrogen-bond acceptors (Lipinski definition) is 4. The van der Waals surface area contributed by atoms with Crippen LogP contribution >= 0.6 is 35.7 Å². The highest BCUT2D eigenvalue weighted by Crippen LogP contribution is 2.36. The number of hydrogen-bond donors (Lipinski definition) is 2. The van der Waals surface area contributed by atoms with Crippen molar-refractivity contribution in [2.24, 2.45) is 0 Å². The van der Waals surface area contributed by atoms with Crippen molar-refractivity contribution in [2.75, 3.05) is 12.0 Å². The first-order chi connectivity index (χ1) is 6.20. The zero-order valence-corrected chi connectivity index (χ0v) is 9.60. The number of thioether (sulfide) groups is 1. The number of nitrogens with two attached hydrogens (primary N) is 1. The summed E-state index contributed by atoms with van der Waals surface area (Å²) in [6.45, 7) is 0. The van der Waals surface area contributed by atoms with E-state index in [1.807, 2.05) is 12.1 Å². The minimum absolute atomic E-state index is 0.826. The lowest BCUT2D eigenvalue weighted by Crippen LogP contribution is -1.83. The quantitative estimate of drug-likeness (QED) is 0.443. The summed E-state index contributed by atoms with van der Waals surface area (Å²) in [5.74, 6) is 0. The molecular formula is C9H9NS3. The number of nitrogen functional groups attached to an aromatic ring is 1. The molecule has 4 heteroatoms. The summed E-state index contributed by atoms with van der Waals surface area (Å²) in [7, 11) is 0. The molecule has 0 bridgehead atoms. The Kier molecular flexibility index (Phi) is 2.45. The van der Waals surface area contributed by atoms with Gasteiger partial charge in [-0.1, -0.05) is 0 Å². The van der Waals surface area contributed by atoms with Gasteiger partial charge in [0.2, 0.25) is 0 Å². The Balaban J connectivity index is 2.80. The van der Waals surface area contributed by atoms with E-state index in [9.17, 15) is 0 Å². The summed E-state index contributed by atoms with van der Waals surface area (Å²) in [6.07, 6.45) is 2.06. The van der Waals surface area contributed by atoms with Crippen LogP contribution in [0.2, 0.25) is 0 Å². The molecule has 1 nitrogen and oxygen atoms in total. The highest BCUT2D eigenvalue weighted by atomic mass is 32.2. The van der Waals surface area contributed by atoms with Gasteiger partial charge in [0.15, 0.2) is 0 Å². The highest BCUT2D eigenvalue weighted by Gasteiger charge is 2.04. The molecule has 0 fully saturated rings. The van der Waals surface area contributed by atoms with Crippen LogP contribution in [0.25, 0.3) is 10.1 Å². The third kappa shape index (κ3) is 1.66. The maximum atomic E-state index is 5.78.